The highest BCUT2D eigenvalue weighted by atomic mass is 19.4. The summed E-state index contributed by atoms with van der Waals surface area (Å²) >= 11 is 0. The van der Waals surface area contributed by atoms with Crippen molar-refractivity contribution in [2.24, 2.45) is 0 Å². The van der Waals surface area contributed by atoms with Crippen LogP contribution in [0.2, 0.25) is 0 Å². The summed E-state index contributed by atoms with van der Waals surface area (Å²) in [7, 11) is 0. The molecule has 2 heterocycles. The third-order valence-electron chi connectivity index (χ3n) is 4.22. The van der Waals surface area contributed by atoms with Gasteiger partial charge in [-0.05, 0) is 24.8 Å². The summed E-state index contributed by atoms with van der Waals surface area (Å²) < 4.78 is 44.2. The van der Waals surface area contributed by atoms with Crippen LogP contribution in [0.3, 0.4) is 0 Å². The number of carbonyl (C=O) groups excluding carboxylic acids is 2. The van der Waals surface area contributed by atoms with E-state index in [1.807, 2.05) is 13.8 Å². The first-order chi connectivity index (χ1) is 11.1. The first-order valence-electron chi connectivity index (χ1n) is 7.83. The lowest BCUT2D eigenvalue weighted by molar-refractivity contribution is -0.196. The maximum absolute atomic E-state index is 13.0. The van der Waals surface area contributed by atoms with Gasteiger partial charge in [0, 0.05) is 25.1 Å². The fourth-order valence-electron chi connectivity index (χ4n) is 2.99. The van der Waals surface area contributed by atoms with Gasteiger partial charge in [-0.1, -0.05) is 13.8 Å². The van der Waals surface area contributed by atoms with E-state index in [0.29, 0.717) is 0 Å². The molecule has 2 rings (SSSR count). The van der Waals surface area contributed by atoms with Crippen LogP contribution in [-0.4, -0.2) is 41.5 Å². The number of piperidine rings is 1. The van der Waals surface area contributed by atoms with Crippen LogP contribution in [0.15, 0.2) is 16.7 Å². The molecule has 1 N–H and O–H groups in total. The number of likely N-dealkylation sites (tertiary alicyclic amines) is 1. The normalized spacial score (nSPS) is 21.9. The van der Waals surface area contributed by atoms with E-state index in [1.54, 1.807) is 6.07 Å². The molecule has 1 aromatic rings. The van der Waals surface area contributed by atoms with E-state index in [2.05, 4.69) is 5.32 Å². The highest BCUT2D eigenvalue weighted by Gasteiger charge is 2.47. The van der Waals surface area contributed by atoms with E-state index >= 15 is 0 Å². The lowest BCUT2D eigenvalue weighted by Gasteiger charge is -2.40. The monoisotopic (exact) mass is 346 g/mol. The molecule has 5 nitrogen and oxygen atoms in total. The van der Waals surface area contributed by atoms with Crippen molar-refractivity contribution in [3.8, 4) is 0 Å². The minimum atomic E-state index is -4.47. The lowest BCUT2D eigenvalue weighted by atomic mass is 9.97. The van der Waals surface area contributed by atoms with Gasteiger partial charge in [-0.15, -0.1) is 0 Å². The van der Waals surface area contributed by atoms with Crippen molar-refractivity contribution in [1.82, 2.24) is 10.2 Å². The molecule has 134 valence electrons. The zero-order valence-electron chi connectivity index (χ0n) is 13.8. The molecule has 1 aromatic heterocycles. The van der Waals surface area contributed by atoms with E-state index in [-0.39, 0.29) is 31.1 Å². The van der Waals surface area contributed by atoms with Gasteiger partial charge < -0.3 is 14.6 Å². The number of amides is 2. The largest absolute Gasteiger partial charge is 0.459 e. The van der Waals surface area contributed by atoms with Crippen molar-refractivity contribution in [2.45, 2.75) is 57.8 Å². The van der Waals surface area contributed by atoms with Crippen molar-refractivity contribution in [2.75, 3.05) is 6.54 Å². The molecule has 2 amide bonds. The Bertz CT molecular complexity index is 610. The molecule has 1 aliphatic heterocycles. The summed E-state index contributed by atoms with van der Waals surface area (Å²) in [4.78, 5) is 24.7. The van der Waals surface area contributed by atoms with Crippen LogP contribution in [0.5, 0.6) is 0 Å². The molecule has 8 heteroatoms. The first kappa shape index (κ1) is 18.4. The summed E-state index contributed by atoms with van der Waals surface area (Å²) in [5.74, 6) is -0.878. The average Bonchev–Trinajstić information content (AvgIpc) is 2.95. The smallest absolute Gasteiger partial charge is 0.408 e. The number of alkyl halides is 3. The van der Waals surface area contributed by atoms with Crippen molar-refractivity contribution in [3.05, 3.63) is 23.7 Å². The molecular formula is C16H21F3N2O3. The standard InChI is InChI=1S/C16H21F3N2O3/c1-9(2)12-6-7-24-14(12)15(23)20-11-4-5-13(16(17,18)19)21(8-11)10(3)22/h6-7,9,11,13H,4-5,8H2,1-3H3,(H,20,23). The molecule has 0 aliphatic carbocycles. The van der Waals surface area contributed by atoms with E-state index < -0.39 is 30.1 Å². The Morgan fingerprint density at radius 2 is 2.00 bits per heavy atom. The Morgan fingerprint density at radius 3 is 2.54 bits per heavy atom. The predicted molar refractivity (Wildman–Crippen MR) is 80.5 cm³/mol. The van der Waals surface area contributed by atoms with E-state index in [9.17, 15) is 22.8 Å². The summed E-state index contributed by atoms with van der Waals surface area (Å²) in [6, 6.07) is -0.634. The molecule has 0 aromatic carbocycles. The van der Waals surface area contributed by atoms with Gasteiger partial charge in [0.15, 0.2) is 5.76 Å². The van der Waals surface area contributed by atoms with E-state index in [1.165, 1.54) is 6.26 Å². The van der Waals surface area contributed by atoms with Gasteiger partial charge in [0.05, 0.1) is 6.26 Å². The van der Waals surface area contributed by atoms with Gasteiger partial charge in [0.25, 0.3) is 5.91 Å². The van der Waals surface area contributed by atoms with Crippen molar-refractivity contribution < 1.29 is 27.2 Å². The highest BCUT2D eigenvalue weighted by Crippen LogP contribution is 2.32. The number of hydrogen-bond donors (Lipinski definition) is 1. The second kappa shape index (κ2) is 6.86. The van der Waals surface area contributed by atoms with Crippen molar-refractivity contribution in [3.63, 3.8) is 0 Å². The fourth-order valence-corrected chi connectivity index (χ4v) is 2.99. The molecule has 1 saturated heterocycles. The number of rotatable bonds is 3. The molecule has 0 spiro atoms. The number of nitrogens with zero attached hydrogens (tertiary/aromatic N) is 1. The first-order valence-corrected chi connectivity index (χ1v) is 7.83. The minimum absolute atomic E-state index is 0.0826. The fraction of sp³-hybridized carbons (Fsp3) is 0.625. The Balaban J connectivity index is 2.08. The SMILES string of the molecule is CC(=O)N1CC(NC(=O)c2occc2C(C)C)CCC1C(F)(F)F. The average molecular weight is 346 g/mol. The molecule has 0 radical (unpaired) electrons. The Kier molecular flexibility index (Phi) is 5.25. The molecule has 2 atom stereocenters. The second-order valence-corrected chi connectivity index (χ2v) is 6.34. The highest BCUT2D eigenvalue weighted by molar-refractivity contribution is 5.93. The quantitative estimate of drug-likeness (QED) is 0.915. The molecule has 1 fully saturated rings. The number of hydrogen-bond acceptors (Lipinski definition) is 3. The number of nitrogens with one attached hydrogen (secondary N) is 1. The van der Waals surface area contributed by atoms with Gasteiger partial charge in [0.1, 0.15) is 6.04 Å². The minimum Gasteiger partial charge on any atom is -0.459 e. The van der Waals surface area contributed by atoms with Crippen LogP contribution in [0.1, 0.15) is 55.6 Å². The van der Waals surface area contributed by atoms with Gasteiger partial charge in [-0.2, -0.15) is 13.2 Å². The summed E-state index contributed by atoms with van der Waals surface area (Å²) in [6.45, 7) is 4.76. The van der Waals surface area contributed by atoms with Gasteiger partial charge in [-0.3, -0.25) is 9.59 Å². The van der Waals surface area contributed by atoms with Gasteiger partial charge in [-0.25, -0.2) is 0 Å². The van der Waals surface area contributed by atoms with E-state index in [4.69, 9.17) is 4.42 Å². The van der Waals surface area contributed by atoms with Crippen LogP contribution < -0.4 is 5.32 Å². The summed E-state index contributed by atoms with van der Waals surface area (Å²) in [6.07, 6.45) is -3.14. The van der Waals surface area contributed by atoms with E-state index in [0.717, 1.165) is 17.4 Å². The third kappa shape index (κ3) is 3.91. The zero-order chi connectivity index (χ0) is 18.1. The lowest BCUT2D eigenvalue weighted by Crippen LogP contribution is -2.57. The Morgan fingerprint density at radius 1 is 1.33 bits per heavy atom. The van der Waals surface area contributed by atoms with Gasteiger partial charge >= 0.3 is 6.18 Å². The third-order valence-corrected chi connectivity index (χ3v) is 4.22. The predicted octanol–water partition coefficient (Wildman–Crippen LogP) is 3.07. The number of furan rings is 1. The second-order valence-electron chi connectivity index (χ2n) is 6.34. The Labute approximate surface area is 138 Å². The van der Waals surface area contributed by atoms with Crippen LogP contribution >= 0.6 is 0 Å². The zero-order valence-corrected chi connectivity index (χ0v) is 13.8. The van der Waals surface area contributed by atoms with Gasteiger partial charge in [0.2, 0.25) is 5.91 Å². The molecule has 0 saturated carbocycles. The topological polar surface area (TPSA) is 62.6 Å². The van der Waals surface area contributed by atoms with Crippen molar-refractivity contribution >= 4 is 11.8 Å². The molecule has 0 bridgehead atoms. The molecular weight excluding hydrogens is 325 g/mol. The number of halogens is 3. The summed E-state index contributed by atoms with van der Waals surface area (Å²) in [5.41, 5.74) is 0.736. The van der Waals surface area contributed by atoms with Crippen LogP contribution in [-0.2, 0) is 4.79 Å². The Hall–Kier alpha value is -1.99. The van der Waals surface area contributed by atoms with Crippen molar-refractivity contribution in [1.29, 1.82) is 0 Å². The molecule has 1 aliphatic rings. The maximum Gasteiger partial charge on any atom is 0.408 e. The van der Waals surface area contributed by atoms with Crippen LogP contribution in [0, 0.1) is 0 Å². The maximum atomic E-state index is 13.0. The van der Waals surface area contributed by atoms with Crippen LogP contribution in [0.25, 0.3) is 0 Å². The molecule has 24 heavy (non-hydrogen) atoms. The molecule has 2 unspecified atom stereocenters. The summed E-state index contributed by atoms with van der Waals surface area (Å²) in [5, 5.41) is 2.68. The van der Waals surface area contributed by atoms with Crippen LogP contribution in [0.4, 0.5) is 13.2 Å². The number of carbonyl (C=O) groups is 2.